The van der Waals surface area contributed by atoms with Crippen molar-refractivity contribution in [3.8, 4) is 0 Å². The lowest BCUT2D eigenvalue weighted by molar-refractivity contribution is 0.0928. The van der Waals surface area contributed by atoms with Gasteiger partial charge in [-0.1, -0.05) is 25.3 Å². The van der Waals surface area contributed by atoms with Crippen LogP contribution in [-0.2, 0) is 0 Å². The maximum absolute atomic E-state index is 12.8. The van der Waals surface area contributed by atoms with E-state index in [1.807, 2.05) is 25.3 Å². The van der Waals surface area contributed by atoms with Gasteiger partial charge in [-0.2, -0.15) is 0 Å². The van der Waals surface area contributed by atoms with Crippen LogP contribution in [0.4, 0.5) is 5.00 Å². The molecule has 0 aromatic carbocycles. The minimum atomic E-state index is -0.155. The molecular weight excluding hydrogens is 340 g/mol. The number of amides is 2. The van der Waals surface area contributed by atoms with E-state index in [1.165, 1.54) is 41.9 Å². The first kappa shape index (κ1) is 17.2. The zero-order valence-electron chi connectivity index (χ0n) is 14.0. The Morgan fingerprint density at radius 3 is 2.54 bits per heavy atom. The third-order valence-electron chi connectivity index (χ3n) is 4.52. The second-order valence-corrected chi connectivity index (χ2v) is 8.40. The highest BCUT2D eigenvalue weighted by atomic mass is 32.1. The molecule has 1 saturated carbocycles. The molecule has 0 atom stereocenters. The summed E-state index contributed by atoms with van der Waals surface area (Å²) < 4.78 is 0. The molecule has 4 nitrogen and oxygen atoms in total. The number of carbonyl (C=O) groups is 2. The van der Waals surface area contributed by atoms with Gasteiger partial charge in [0.1, 0.15) is 5.00 Å². The minimum Gasteiger partial charge on any atom is -0.349 e. The Morgan fingerprint density at radius 1 is 1.12 bits per heavy atom. The van der Waals surface area contributed by atoms with E-state index in [1.54, 1.807) is 6.07 Å². The van der Waals surface area contributed by atoms with Gasteiger partial charge < -0.3 is 10.6 Å². The molecule has 0 aliphatic heterocycles. The van der Waals surface area contributed by atoms with E-state index in [-0.39, 0.29) is 17.9 Å². The van der Waals surface area contributed by atoms with Crippen LogP contribution in [0, 0.1) is 13.8 Å². The van der Waals surface area contributed by atoms with E-state index in [2.05, 4.69) is 10.6 Å². The van der Waals surface area contributed by atoms with Gasteiger partial charge in [0.25, 0.3) is 11.8 Å². The third-order valence-corrected chi connectivity index (χ3v) is 6.52. The lowest BCUT2D eigenvalue weighted by Gasteiger charge is -2.23. The van der Waals surface area contributed by atoms with Crippen LogP contribution in [0.5, 0.6) is 0 Å². The van der Waals surface area contributed by atoms with Gasteiger partial charge >= 0.3 is 0 Å². The lowest BCUT2D eigenvalue weighted by atomic mass is 9.95. The molecule has 2 amide bonds. The smallest absolute Gasteiger partial charge is 0.266 e. The number of nitrogens with one attached hydrogen (secondary N) is 2. The van der Waals surface area contributed by atoms with Crippen LogP contribution in [0.2, 0.25) is 0 Å². The standard InChI is InChI=1S/C18H22N2O2S2/c1-11-12(2)24-18(20-16(21)14-9-6-10-23-14)15(11)17(22)19-13-7-4-3-5-8-13/h6,9-10,13H,3-5,7-8H2,1-2H3,(H,19,22)(H,20,21). The van der Waals surface area contributed by atoms with Crippen LogP contribution in [0.3, 0.4) is 0 Å². The largest absolute Gasteiger partial charge is 0.349 e. The Bertz CT molecular complexity index is 729. The van der Waals surface area contributed by atoms with Crippen molar-refractivity contribution in [2.24, 2.45) is 0 Å². The van der Waals surface area contributed by atoms with Gasteiger partial charge in [0.05, 0.1) is 10.4 Å². The molecule has 0 saturated heterocycles. The van der Waals surface area contributed by atoms with Crippen LogP contribution in [0.1, 0.15) is 62.6 Å². The Labute approximate surface area is 150 Å². The van der Waals surface area contributed by atoms with Gasteiger partial charge in [-0.3, -0.25) is 9.59 Å². The second kappa shape index (κ2) is 7.49. The van der Waals surface area contributed by atoms with Crippen LogP contribution in [0.15, 0.2) is 17.5 Å². The van der Waals surface area contributed by atoms with E-state index in [9.17, 15) is 9.59 Å². The van der Waals surface area contributed by atoms with Gasteiger partial charge in [-0.15, -0.1) is 22.7 Å². The summed E-state index contributed by atoms with van der Waals surface area (Å²) in [5.74, 6) is -0.219. The topological polar surface area (TPSA) is 58.2 Å². The van der Waals surface area contributed by atoms with Crippen molar-refractivity contribution in [2.75, 3.05) is 5.32 Å². The first-order valence-electron chi connectivity index (χ1n) is 8.32. The summed E-state index contributed by atoms with van der Waals surface area (Å²) in [6.45, 7) is 3.93. The average Bonchev–Trinajstić information content (AvgIpc) is 3.18. The van der Waals surface area contributed by atoms with Gasteiger partial charge in [0.15, 0.2) is 0 Å². The van der Waals surface area contributed by atoms with Gasteiger partial charge in [-0.05, 0) is 43.7 Å². The van der Waals surface area contributed by atoms with Crippen molar-refractivity contribution in [3.05, 3.63) is 38.4 Å². The number of hydrogen-bond acceptors (Lipinski definition) is 4. The fourth-order valence-corrected chi connectivity index (χ4v) is 4.74. The Balaban J connectivity index is 1.79. The molecule has 6 heteroatoms. The predicted molar refractivity (Wildman–Crippen MR) is 100 cm³/mol. The van der Waals surface area contributed by atoms with Crippen LogP contribution < -0.4 is 10.6 Å². The number of anilines is 1. The van der Waals surface area contributed by atoms with E-state index < -0.39 is 0 Å². The molecule has 2 N–H and O–H groups in total. The van der Waals surface area contributed by atoms with Crippen molar-refractivity contribution in [1.29, 1.82) is 0 Å². The molecule has 3 rings (SSSR count). The third kappa shape index (κ3) is 3.70. The summed E-state index contributed by atoms with van der Waals surface area (Å²) in [5, 5.41) is 8.60. The summed E-state index contributed by atoms with van der Waals surface area (Å²) in [7, 11) is 0. The highest BCUT2D eigenvalue weighted by Gasteiger charge is 2.24. The molecular formula is C18H22N2O2S2. The maximum Gasteiger partial charge on any atom is 0.266 e. The molecule has 2 aromatic heterocycles. The fourth-order valence-electron chi connectivity index (χ4n) is 3.07. The molecule has 1 aliphatic carbocycles. The lowest BCUT2D eigenvalue weighted by Crippen LogP contribution is -2.36. The van der Waals surface area contributed by atoms with E-state index in [4.69, 9.17) is 0 Å². The monoisotopic (exact) mass is 362 g/mol. The molecule has 1 fully saturated rings. The molecule has 0 spiro atoms. The van der Waals surface area contributed by atoms with Crippen LogP contribution >= 0.6 is 22.7 Å². The van der Waals surface area contributed by atoms with E-state index >= 15 is 0 Å². The molecule has 2 aromatic rings. The highest BCUT2D eigenvalue weighted by Crippen LogP contribution is 2.33. The summed E-state index contributed by atoms with van der Waals surface area (Å²) in [6, 6.07) is 3.89. The normalized spacial score (nSPS) is 15.2. The van der Waals surface area contributed by atoms with E-state index in [0.29, 0.717) is 15.4 Å². The minimum absolute atomic E-state index is 0.0646. The van der Waals surface area contributed by atoms with Crippen LogP contribution in [-0.4, -0.2) is 17.9 Å². The van der Waals surface area contributed by atoms with Gasteiger partial charge in [0, 0.05) is 10.9 Å². The molecule has 0 bridgehead atoms. The number of carbonyl (C=O) groups excluding carboxylic acids is 2. The number of hydrogen-bond donors (Lipinski definition) is 2. The molecule has 24 heavy (non-hydrogen) atoms. The SMILES string of the molecule is Cc1sc(NC(=O)c2cccs2)c(C(=O)NC2CCCCC2)c1C. The quantitative estimate of drug-likeness (QED) is 0.825. The predicted octanol–water partition coefficient (Wildman–Crippen LogP) is 4.74. The van der Waals surface area contributed by atoms with Crippen molar-refractivity contribution in [2.45, 2.75) is 52.0 Å². The summed E-state index contributed by atoms with van der Waals surface area (Å²) in [6.07, 6.45) is 5.70. The number of thiophene rings is 2. The Morgan fingerprint density at radius 2 is 1.88 bits per heavy atom. The van der Waals surface area contributed by atoms with Crippen molar-refractivity contribution < 1.29 is 9.59 Å². The van der Waals surface area contributed by atoms with E-state index in [0.717, 1.165) is 23.3 Å². The number of aryl methyl sites for hydroxylation is 1. The van der Waals surface area contributed by atoms with Gasteiger partial charge in [-0.25, -0.2) is 0 Å². The molecule has 0 unspecified atom stereocenters. The maximum atomic E-state index is 12.8. The molecule has 1 aliphatic rings. The first-order chi connectivity index (χ1) is 11.6. The summed E-state index contributed by atoms with van der Waals surface area (Å²) >= 11 is 2.86. The van der Waals surface area contributed by atoms with Crippen molar-refractivity contribution >= 4 is 39.5 Å². The average molecular weight is 363 g/mol. The van der Waals surface area contributed by atoms with Crippen molar-refractivity contribution in [3.63, 3.8) is 0 Å². The van der Waals surface area contributed by atoms with Crippen molar-refractivity contribution in [1.82, 2.24) is 5.32 Å². The van der Waals surface area contributed by atoms with Crippen LogP contribution in [0.25, 0.3) is 0 Å². The fraction of sp³-hybridized carbons (Fsp3) is 0.444. The number of rotatable bonds is 4. The Kier molecular flexibility index (Phi) is 5.36. The zero-order valence-corrected chi connectivity index (χ0v) is 15.6. The summed E-state index contributed by atoms with van der Waals surface area (Å²) in [4.78, 5) is 26.8. The second-order valence-electron chi connectivity index (χ2n) is 6.23. The molecule has 2 heterocycles. The zero-order chi connectivity index (χ0) is 17.1. The first-order valence-corrected chi connectivity index (χ1v) is 10.0. The molecule has 128 valence electrons. The summed E-state index contributed by atoms with van der Waals surface area (Å²) in [5.41, 5.74) is 1.57. The Hall–Kier alpha value is -1.66. The van der Waals surface area contributed by atoms with Gasteiger partial charge in [0.2, 0.25) is 0 Å². The molecule has 0 radical (unpaired) electrons. The highest BCUT2D eigenvalue weighted by molar-refractivity contribution is 7.17.